The highest BCUT2D eigenvalue weighted by atomic mass is 35.5. The maximum atomic E-state index is 12.1. The number of Topliss-reactive ketones (excluding diaryl/α,β-unsaturated/α-hetero) is 1. The summed E-state index contributed by atoms with van der Waals surface area (Å²) in [5.74, 6) is -6.63. The summed E-state index contributed by atoms with van der Waals surface area (Å²) in [7, 11) is 0. The Morgan fingerprint density at radius 3 is 1.47 bits per heavy atom. The van der Waals surface area contributed by atoms with E-state index >= 15 is 0 Å². The Hall–Kier alpha value is -9.75. The number of ketones is 5. The Kier molecular flexibility index (Phi) is 21.2. The Morgan fingerprint density at radius 2 is 0.972 bits per heavy atom. The second-order valence-electron chi connectivity index (χ2n) is 13.9. The van der Waals surface area contributed by atoms with Crippen LogP contribution in [0.25, 0.3) is 34.1 Å². The van der Waals surface area contributed by atoms with Gasteiger partial charge in [-0.15, -0.1) is 11.6 Å². The number of ether oxygens (including phenoxy) is 1. The molecule has 19 nitrogen and oxygen atoms in total. The van der Waals surface area contributed by atoms with Crippen molar-refractivity contribution < 1.29 is 83.2 Å². The van der Waals surface area contributed by atoms with Gasteiger partial charge in [-0.2, -0.15) is 0 Å². The molecule has 0 atom stereocenters. The summed E-state index contributed by atoms with van der Waals surface area (Å²) in [5.41, 5.74) is -1.41. The summed E-state index contributed by atoms with van der Waals surface area (Å²) < 4.78 is 15.0. The summed E-state index contributed by atoms with van der Waals surface area (Å²) in [6.45, 7) is 22.1. The van der Waals surface area contributed by atoms with Crippen LogP contribution in [0.1, 0.15) is 75.8 Å². The molecule has 0 saturated heterocycles. The van der Waals surface area contributed by atoms with Crippen LogP contribution in [-0.4, -0.2) is 88.7 Å². The number of benzene rings is 4. The number of allylic oxidation sites excluding steroid dienone is 4. The average Bonchev–Trinajstić information content (AvgIpc) is 3.36. The van der Waals surface area contributed by atoms with Crippen LogP contribution in [0.5, 0.6) is 46.0 Å². The van der Waals surface area contributed by atoms with Gasteiger partial charge in [-0.25, -0.2) is 0 Å². The second kappa shape index (κ2) is 26.1. The summed E-state index contributed by atoms with van der Waals surface area (Å²) in [6.07, 6.45) is 7.95. The molecule has 374 valence electrons. The maximum absolute atomic E-state index is 12.1. The molecule has 0 bridgehead atoms. The molecule has 0 fully saturated rings. The second-order valence-corrected chi connectivity index (χ2v) is 13.9. The van der Waals surface area contributed by atoms with E-state index in [4.69, 9.17) is 19.0 Å². The van der Waals surface area contributed by atoms with Crippen LogP contribution >= 0.6 is 11.6 Å². The normalized spacial score (nSPS) is 9.83. The third-order valence-electron chi connectivity index (χ3n) is 9.38. The van der Waals surface area contributed by atoms with E-state index in [1.165, 1.54) is 43.7 Å². The van der Waals surface area contributed by atoms with Gasteiger partial charge in [0.15, 0.2) is 41.3 Å². The molecular formula is C52H45ClO19. The monoisotopic (exact) mass is 1010 g/mol. The van der Waals surface area contributed by atoms with E-state index in [9.17, 15) is 69.0 Å². The lowest BCUT2D eigenvalue weighted by Gasteiger charge is -2.09. The van der Waals surface area contributed by atoms with Crippen LogP contribution in [0.15, 0.2) is 131 Å². The average molecular weight is 1010 g/mol. The molecule has 0 aliphatic heterocycles. The lowest BCUT2D eigenvalue weighted by molar-refractivity contribution is -0.139. The Balaban J connectivity index is 0.000000329. The van der Waals surface area contributed by atoms with Crippen LogP contribution < -0.4 is 10.9 Å². The molecule has 2 heterocycles. The van der Waals surface area contributed by atoms with Gasteiger partial charge in [-0.3, -0.25) is 38.4 Å². The Morgan fingerprint density at radius 1 is 0.542 bits per heavy atom. The van der Waals surface area contributed by atoms with E-state index in [0.29, 0.717) is 0 Å². The summed E-state index contributed by atoms with van der Waals surface area (Å²) in [6, 6.07) is 9.16. The fourth-order valence-corrected chi connectivity index (χ4v) is 5.80. The van der Waals surface area contributed by atoms with Crippen molar-refractivity contribution in [1.29, 1.82) is 0 Å². The van der Waals surface area contributed by atoms with E-state index in [2.05, 4.69) is 55.8 Å². The molecule has 4 aromatic carbocycles. The first-order valence-electron chi connectivity index (χ1n) is 20.0. The van der Waals surface area contributed by atoms with Gasteiger partial charge < -0.3 is 54.4 Å². The van der Waals surface area contributed by atoms with Crippen LogP contribution in [0.4, 0.5) is 0 Å². The summed E-state index contributed by atoms with van der Waals surface area (Å²) >= 11 is 4.64. The third kappa shape index (κ3) is 13.7. The van der Waals surface area contributed by atoms with Gasteiger partial charge in [0.2, 0.25) is 28.1 Å². The molecule has 0 aliphatic rings. The van der Waals surface area contributed by atoms with E-state index in [0.717, 1.165) is 61.6 Å². The molecule has 0 amide bonds. The molecule has 0 saturated carbocycles. The van der Waals surface area contributed by atoms with Crippen LogP contribution in [0.2, 0.25) is 0 Å². The molecule has 0 aliphatic carbocycles. The molecule has 0 radical (unpaired) electrons. The number of carbonyl (C=O) groups excluding carboxylic acids is 6. The van der Waals surface area contributed by atoms with E-state index in [-0.39, 0.29) is 95.6 Å². The van der Waals surface area contributed by atoms with E-state index < -0.39 is 69.6 Å². The lowest BCUT2D eigenvalue weighted by atomic mass is 10.0. The molecule has 6 rings (SSSR count). The first-order chi connectivity index (χ1) is 33.9. The van der Waals surface area contributed by atoms with E-state index in [1.807, 2.05) is 0 Å². The van der Waals surface area contributed by atoms with Crippen molar-refractivity contribution in [2.24, 2.45) is 0 Å². The fourth-order valence-electron chi connectivity index (χ4n) is 5.80. The number of aromatic hydroxyl groups is 8. The number of aryl methyl sites for hydroxylation is 1. The SMILES string of the molecule is C=CC(=O)c1cc(C(=O)COC(C)=O)c(O)cc1O.C=CC(=O)c1cc2c(=O)c(O)c(C=C)oc2c(C)c1O.C=CC(=O)c1cc2c(=O)c(O)c(C=C)oc2cc1O.C=CC(=O)c1ccc(O)cc1O.CCl. The molecule has 2 aromatic heterocycles. The third-order valence-corrected chi connectivity index (χ3v) is 9.38. The lowest BCUT2D eigenvalue weighted by Crippen LogP contribution is -2.12. The predicted molar refractivity (Wildman–Crippen MR) is 267 cm³/mol. The predicted octanol–water partition coefficient (Wildman–Crippen LogP) is 8.27. The van der Waals surface area contributed by atoms with Gasteiger partial charge in [-0.1, -0.05) is 39.5 Å². The number of phenols is 6. The first-order valence-corrected chi connectivity index (χ1v) is 20.8. The molecule has 0 spiro atoms. The van der Waals surface area contributed by atoms with Crippen molar-refractivity contribution in [3.8, 4) is 46.0 Å². The number of alkyl halides is 1. The fraction of sp³-hybridized carbons (Fsp3) is 0.0769. The highest BCUT2D eigenvalue weighted by Gasteiger charge is 2.22. The van der Waals surface area contributed by atoms with Gasteiger partial charge >= 0.3 is 5.97 Å². The van der Waals surface area contributed by atoms with Crippen molar-refractivity contribution in [2.75, 3.05) is 13.0 Å². The zero-order valence-electron chi connectivity index (χ0n) is 38.5. The highest BCUT2D eigenvalue weighted by molar-refractivity contribution is 6.15. The number of halogens is 1. The molecule has 8 N–H and O–H groups in total. The minimum absolute atomic E-state index is 0.00796. The van der Waals surface area contributed by atoms with Crippen molar-refractivity contribution >= 4 is 80.6 Å². The smallest absolute Gasteiger partial charge is 0.303 e. The summed E-state index contributed by atoms with van der Waals surface area (Å²) in [4.78, 5) is 91.8. The minimum Gasteiger partial charge on any atom is -0.508 e. The first kappa shape index (κ1) is 58.4. The van der Waals surface area contributed by atoms with Crippen molar-refractivity contribution in [1.82, 2.24) is 0 Å². The quantitative estimate of drug-likeness (QED) is 0.0233. The number of carbonyl (C=O) groups is 6. The van der Waals surface area contributed by atoms with Gasteiger partial charge in [0.25, 0.3) is 0 Å². The highest BCUT2D eigenvalue weighted by Crippen LogP contribution is 2.33. The van der Waals surface area contributed by atoms with Crippen molar-refractivity contribution in [3.63, 3.8) is 0 Å². The van der Waals surface area contributed by atoms with Crippen molar-refractivity contribution in [2.45, 2.75) is 13.8 Å². The van der Waals surface area contributed by atoms with Gasteiger partial charge in [0, 0.05) is 37.1 Å². The molecule has 20 heteroatoms. The van der Waals surface area contributed by atoms with Gasteiger partial charge in [0.1, 0.15) is 45.7 Å². The Labute approximate surface area is 413 Å². The number of hydrogen-bond acceptors (Lipinski definition) is 19. The molecule has 6 aromatic rings. The number of hydrogen-bond donors (Lipinski definition) is 8. The van der Waals surface area contributed by atoms with Gasteiger partial charge in [0.05, 0.1) is 38.6 Å². The van der Waals surface area contributed by atoms with Crippen LogP contribution in [0, 0.1) is 6.92 Å². The van der Waals surface area contributed by atoms with Crippen LogP contribution in [-0.2, 0) is 9.53 Å². The molecular weight excluding hydrogens is 964 g/mol. The zero-order valence-corrected chi connectivity index (χ0v) is 39.2. The zero-order chi connectivity index (χ0) is 54.9. The summed E-state index contributed by atoms with van der Waals surface area (Å²) in [5, 5.41) is 76.1. The molecule has 72 heavy (non-hydrogen) atoms. The Bertz CT molecular complexity index is 3330. The van der Waals surface area contributed by atoms with Crippen molar-refractivity contribution in [3.05, 3.63) is 178 Å². The van der Waals surface area contributed by atoms with Crippen LogP contribution in [0.3, 0.4) is 0 Å². The number of phenolic OH excluding ortho intramolecular Hbond substituents is 6. The van der Waals surface area contributed by atoms with Gasteiger partial charge in [-0.05, 0) is 73.7 Å². The van der Waals surface area contributed by atoms with E-state index in [1.54, 1.807) is 0 Å². The number of esters is 1. The maximum Gasteiger partial charge on any atom is 0.303 e. The number of fused-ring (bicyclic) bond motifs is 2. The molecule has 0 unspecified atom stereocenters. The topological polar surface area (TPSA) is 334 Å². The minimum atomic E-state index is -0.700. The number of rotatable bonds is 13. The standard InChI is InChI=1S/C15H12O5.C14H10O5.C13H12O6.C9H8O3.CH3Cl/c1-4-10(16)8-6-9-13(18)14(19)11(5-2)20-15(9)7(3)12(8)17;1-3-9(15)7-5-8-12(6-10(7)16)19-11(4-2)14(18)13(8)17;1-3-10(15)8-4-9(12(17)5-11(8)16)13(18)6-19-7(2)14;1-2-8(11)7-4-3-6(10)5-9(7)12;1-2/h4-6,17,19H,1-2H2,3H3;3-6,16,18H,1-2H2;3-5,16-17H,1,6H2,2H3;2-5,10,12H,1H2;1H3. The largest absolute Gasteiger partial charge is 0.508 e.